The second kappa shape index (κ2) is 6.12. The van der Waals surface area contributed by atoms with E-state index in [4.69, 9.17) is 9.84 Å². The Balaban J connectivity index is 0.000000686. The predicted octanol–water partition coefficient (Wildman–Crippen LogP) is -0.978. The lowest BCUT2D eigenvalue weighted by molar-refractivity contribution is -0.119. The van der Waals surface area contributed by atoms with Gasteiger partial charge in [0.15, 0.2) is 0 Å². The molecule has 1 aliphatic rings. The van der Waals surface area contributed by atoms with Crippen molar-refractivity contribution in [1.29, 1.82) is 0 Å². The topological polar surface area (TPSA) is 101 Å². The number of aromatic amines is 1. The van der Waals surface area contributed by atoms with Gasteiger partial charge in [-0.3, -0.25) is 14.3 Å². The van der Waals surface area contributed by atoms with Gasteiger partial charge in [-0.1, -0.05) is 0 Å². The highest BCUT2D eigenvalue weighted by Gasteiger charge is 2.26. The van der Waals surface area contributed by atoms with Crippen LogP contribution in [0.2, 0.25) is 0 Å². The molecule has 7 heteroatoms. The van der Waals surface area contributed by atoms with Crippen molar-refractivity contribution in [2.24, 2.45) is 0 Å². The molecule has 1 aromatic heterocycles. The zero-order chi connectivity index (χ0) is 12.8. The molecule has 1 aromatic rings. The molecular formula is C10H14N2O5. The van der Waals surface area contributed by atoms with Gasteiger partial charge in [0.2, 0.25) is 0 Å². The maximum atomic E-state index is 11.4. The van der Waals surface area contributed by atoms with E-state index in [-0.39, 0.29) is 0 Å². The number of aliphatic hydroxyl groups excluding tert-OH is 1. The van der Waals surface area contributed by atoms with Crippen LogP contribution in [-0.4, -0.2) is 34.2 Å². The van der Waals surface area contributed by atoms with Crippen LogP contribution in [0, 0.1) is 0 Å². The smallest absolute Gasteiger partial charge is 0.330 e. The molecule has 0 radical (unpaired) electrons. The van der Waals surface area contributed by atoms with E-state index >= 15 is 0 Å². The van der Waals surface area contributed by atoms with Crippen LogP contribution < -0.4 is 11.2 Å². The third-order valence-corrected chi connectivity index (χ3v) is 2.34. The molecule has 0 aromatic carbocycles. The largest absolute Gasteiger partial charge is 0.400 e. The van der Waals surface area contributed by atoms with Crippen molar-refractivity contribution >= 4 is 6.29 Å². The van der Waals surface area contributed by atoms with Crippen LogP contribution >= 0.6 is 0 Å². The van der Waals surface area contributed by atoms with E-state index in [0.29, 0.717) is 12.8 Å². The lowest BCUT2D eigenvalue weighted by atomic mass is 10.2. The summed E-state index contributed by atoms with van der Waals surface area (Å²) in [6.07, 6.45) is 2.38. The maximum absolute atomic E-state index is 11.4. The Labute approximate surface area is 96.7 Å². The van der Waals surface area contributed by atoms with Crippen molar-refractivity contribution in [3.05, 3.63) is 33.1 Å². The highest BCUT2D eigenvalue weighted by atomic mass is 16.5. The van der Waals surface area contributed by atoms with Crippen molar-refractivity contribution < 1.29 is 14.6 Å². The molecule has 0 saturated carbocycles. The third-order valence-electron chi connectivity index (χ3n) is 2.34. The molecule has 1 saturated heterocycles. The van der Waals surface area contributed by atoms with Gasteiger partial charge < -0.3 is 14.6 Å². The minimum absolute atomic E-state index is 0.443. The summed E-state index contributed by atoms with van der Waals surface area (Å²) in [6, 6.07) is 1.25. The van der Waals surface area contributed by atoms with Crippen LogP contribution in [0.5, 0.6) is 0 Å². The number of hydrogen-bond donors (Lipinski definition) is 2. The van der Waals surface area contributed by atoms with Crippen molar-refractivity contribution in [1.82, 2.24) is 9.55 Å². The number of carbonyl (C=O) groups excluding carboxylic acids is 1. The van der Waals surface area contributed by atoms with E-state index in [1.165, 1.54) is 16.8 Å². The summed E-state index contributed by atoms with van der Waals surface area (Å²) < 4.78 is 6.57. The second-order valence-corrected chi connectivity index (χ2v) is 3.36. The molecule has 94 valence electrons. The molecule has 0 aliphatic carbocycles. The lowest BCUT2D eigenvalue weighted by Crippen LogP contribution is -2.31. The van der Waals surface area contributed by atoms with Crippen LogP contribution in [0.15, 0.2) is 21.9 Å². The number of hydrogen-bond acceptors (Lipinski definition) is 5. The lowest BCUT2D eigenvalue weighted by Gasteiger charge is -2.12. The van der Waals surface area contributed by atoms with Gasteiger partial charge in [-0.05, 0) is 12.8 Å². The first-order valence-corrected chi connectivity index (χ1v) is 5.07. The van der Waals surface area contributed by atoms with Gasteiger partial charge in [-0.25, -0.2) is 4.79 Å². The summed E-state index contributed by atoms with van der Waals surface area (Å²) in [5.74, 6) is 0. The number of aldehydes is 1. The molecule has 1 aliphatic heterocycles. The van der Waals surface area contributed by atoms with Crippen LogP contribution in [0.25, 0.3) is 0 Å². The first kappa shape index (κ1) is 13.3. The number of H-pyrrole nitrogens is 1. The third kappa shape index (κ3) is 3.11. The number of nitrogens with one attached hydrogen (secondary N) is 1. The number of nitrogens with zero attached hydrogens (tertiary/aromatic N) is 1. The molecule has 17 heavy (non-hydrogen) atoms. The van der Waals surface area contributed by atoms with Crippen molar-refractivity contribution in [2.45, 2.75) is 25.2 Å². The summed E-state index contributed by atoms with van der Waals surface area (Å²) in [4.78, 5) is 34.8. The zero-order valence-electron chi connectivity index (χ0n) is 9.33. The molecule has 2 N–H and O–H groups in total. The SMILES string of the molecule is CO.O=C[C@@H]1CCC(n2ccc(=O)[nH]c2=O)O1. The Bertz CT molecular complexity index is 478. The van der Waals surface area contributed by atoms with E-state index in [9.17, 15) is 14.4 Å². The molecule has 1 fully saturated rings. The fourth-order valence-electron chi connectivity index (χ4n) is 1.60. The fraction of sp³-hybridized carbons (Fsp3) is 0.500. The molecule has 0 spiro atoms. The van der Waals surface area contributed by atoms with Gasteiger partial charge in [0.1, 0.15) is 18.6 Å². The molecule has 7 nitrogen and oxygen atoms in total. The van der Waals surface area contributed by atoms with Crippen LogP contribution in [-0.2, 0) is 9.53 Å². The molecular weight excluding hydrogens is 228 g/mol. The monoisotopic (exact) mass is 242 g/mol. The Morgan fingerprint density at radius 2 is 2.18 bits per heavy atom. The average Bonchev–Trinajstić information content (AvgIpc) is 2.80. The van der Waals surface area contributed by atoms with Gasteiger partial charge in [-0.15, -0.1) is 0 Å². The Kier molecular flexibility index (Phi) is 4.80. The molecule has 2 atom stereocenters. The van der Waals surface area contributed by atoms with Crippen LogP contribution in [0.4, 0.5) is 0 Å². The van der Waals surface area contributed by atoms with Gasteiger partial charge in [0, 0.05) is 19.4 Å². The first-order valence-electron chi connectivity index (χ1n) is 5.07. The van der Waals surface area contributed by atoms with Gasteiger partial charge in [0.05, 0.1) is 0 Å². The Morgan fingerprint density at radius 3 is 2.71 bits per heavy atom. The standard InChI is InChI=1S/C9H10N2O4.CH4O/c12-5-6-1-2-8(15-6)11-4-3-7(13)10-9(11)14;1-2/h3-6,8H,1-2H2,(H,10,13,14);2H,1H3/t6-,8?;/m0./s1. The van der Waals surface area contributed by atoms with E-state index in [1.807, 2.05) is 0 Å². The van der Waals surface area contributed by atoms with Crippen LogP contribution in [0.1, 0.15) is 19.1 Å². The van der Waals surface area contributed by atoms with Gasteiger partial charge >= 0.3 is 5.69 Å². The second-order valence-electron chi connectivity index (χ2n) is 3.36. The van der Waals surface area contributed by atoms with Crippen molar-refractivity contribution in [3.8, 4) is 0 Å². The highest BCUT2D eigenvalue weighted by Crippen LogP contribution is 2.25. The van der Waals surface area contributed by atoms with Crippen LogP contribution in [0.3, 0.4) is 0 Å². The number of rotatable bonds is 2. The number of aliphatic hydroxyl groups is 1. The molecule has 0 bridgehead atoms. The predicted molar refractivity (Wildman–Crippen MR) is 58.7 cm³/mol. The number of aromatic nitrogens is 2. The van der Waals surface area contributed by atoms with E-state index in [1.54, 1.807) is 0 Å². The van der Waals surface area contributed by atoms with Crippen molar-refractivity contribution in [3.63, 3.8) is 0 Å². The molecule has 2 rings (SSSR count). The molecule has 1 unspecified atom stereocenters. The summed E-state index contributed by atoms with van der Waals surface area (Å²) in [6.45, 7) is 0. The van der Waals surface area contributed by atoms with E-state index < -0.39 is 23.6 Å². The maximum Gasteiger partial charge on any atom is 0.330 e. The zero-order valence-corrected chi connectivity index (χ0v) is 9.33. The summed E-state index contributed by atoms with van der Waals surface area (Å²) in [5.41, 5.74) is -0.958. The number of ether oxygens (including phenoxy) is 1. The van der Waals surface area contributed by atoms with E-state index in [2.05, 4.69) is 4.98 Å². The Morgan fingerprint density at radius 1 is 1.47 bits per heavy atom. The summed E-state index contributed by atoms with van der Waals surface area (Å²) in [7, 11) is 1.00. The molecule has 0 amide bonds. The highest BCUT2D eigenvalue weighted by molar-refractivity contribution is 5.56. The van der Waals surface area contributed by atoms with Gasteiger partial charge in [-0.2, -0.15) is 0 Å². The average molecular weight is 242 g/mol. The quantitative estimate of drug-likeness (QED) is 0.649. The van der Waals surface area contributed by atoms with Crippen molar-refractivity contribution in [2.75, 3.05) is 7.11 Å². The van der Waals surface area contributed by atoms with E-state index in [0.717, 1.165) is 13.4 Å². The summed E-state index contributed by atoms with van der Waals surface area (Å²) in [5, 5.41) is 7.00. The fourth-order valence-corrected chi connectivity index (χ4v) is 1.60. The van der Waals surface area contributed by atoms with Gasteiger partial charge in [0.25, 0.3) is 5.56 Å². The molecule has 2 heterocycles. The normalized spacial score (nSPS) is 22.7. The first-order chi connectivity index (χ1) is 8.20. The summed E-state index contributed by atoms with van der Waals surface area (Å²) >= 11 is 0. The number of carbonyl (C=O) groups is 1. The Hall–Kier alpha value is -1.73. The minimum Gasteiger partial charge on any atom is -0.400 e. The minimum atomic E-state index is -0.515.